The number of phenolic OH excluding ortho intramolecular Hbond substituents is 1. The van der Waals surface area contributed by atoms with E-state index in [4.69, 9.17) is 0 Å². The first-order valence-corrected chi connectivity index (χ1v) is 6.28. The Labute approximate surface area is 119 Å². The number of rotatable bonds is 2. The van der Waals surface area contributed by atoms with Crippen molar-refractivity contribution in [1.82, 2.24) is 4.98 Å². The number of fused-ring (bicyclic) bond motifs is 1. The van der Waals surface area contributed by atoms with E-state index in [0.29, 0.717) is 5.69 Å². The number of hydrogen-bond donors (Lipinski definition) is 2. The Kier molecular flexibility index (Phi) is 3.23. The van der Waals surface area contributed by atoms with Crippen LogP contribution in [-0.2, 0) is 0 Å². The number of benzene rings is 2. The summed E-state index contributed by atoms with van der Waals surface area (Å²) in [6.07, 6.45) is 1.51. The van der Waals surface area contributed by atoms with Crippen molar-refractivity contribution in [3.8, 4) is 5.75 Å². The highest BCUT2D eigenvalue weighted by Crippen LogP contribution is 2.21. The number of aromatic hydroxyl groups is 1. The molecule has 0 aliphatic carbocycles. The molecule has 0 radical (unpaired) electrons. The average Bonchev–Trinajstić information content (AvgIpc) is 2.49. The molecule has 3 rings (SSSR count). The monoisotopic (exact) mass is 282 g/mol. The highest BCUT2D eigenvalue weighted by Gasteiger charge is 2.12. The molecule has 0 unspecified atom stereocenters. The SMILES string of the molecule is O=C(Nc1cnc2ccccc2c1)c1cc(F)ccc1O. The van der Waals surface area contributed by atoms with Crippen molar-refractivity contribution in [3.63, 3.8) is 0 Å². The second-order valence-corrected chi connectivity index (χ2v) is 4.53. The number of hydrogen-bond acceptors (Lipinski definition) is 3. The Balaban J connectivity index is 1.90. The van der Waals surface area contributed by atoms with Crippen LogP contribution in [0.4, 0.5) is 10.1 Å². The summed E-state index contributed by atoms with van der Waals surface area (Å²) in [6, 6.07) is 12.5. The summed E-state index contributed by atoms with van der Waals surface area (Å²) in [7, 11) is 0. The predicted octanol–water partition coefficient (Wildman–Crippen LogP) is 3.33. The predicted molar refractivity (Wildman–Crippen MR) is 77.8 cm³/mol. The molecule has 3 aromatic rings. The van der Waals surface area contributed by atoms with Crippen LogP contribution in [0.15, 0.2) is 54.7 Å². The highest BCUT2D eigenvalue weighted by molar-refractivity contribution is 6.06. The van der Waals surface area contributed by atoms with Crippen LogP contribution < -0.4 is 5.32 Å². The molecule has 1 aromatic heterocycles. The van der Waals surface area contributed by atoms with Crippen molar-refractivity contribution < 1.29 is 14.3 Å². The summed E-state index contributed by atoms with van der Waals surface area (Å²) in [4.78, 5) is 16.3. The third-order valence-corrected chi connectivity index (χ3v) is 3.05. The first-order valence-electron chi connectivity index (χ1n) is 6.28. The van der Waals surface area contributed by atoms with Gasteiger partial charge in [0.05, 0.1) is 23.0 Å². The number of carbonyl (C=O) groups is 1. The van der Waals surface area contributed by atoms with Gasteiger partial charge in [-0.1, -0.05) is 18.2 Å². The molecule has 0 fully saturated rings. The zero-order valence-corrected chi connectivity index (χ0v) is 10.9. The van der Waals surface area contributed by atoms with Crippen LogP contribution in [-0.4, -0.2) is 16.0 Å². The largest absolute Gasteiger partial charge is 0.507 e. The van der Waals surface area contributed by atoms with Gasteiger partial charge in [-0.25, -0.2) is 4.39 Å². The second kappa shape index (κ2) is 5.20. The number of anilines is 1. The van der Waals surface area contributed by atoms with E-state index in [1.54, 1.807) is 6.07 Å². The van der Waals surface area contributed by atoms with E-state index in [0.717, 1.165) is 29.1 Å². The molecule has 0 saturated heterocycles. The molecule has 2 aromatic carbocycles. The van der Waals surface area contributed by atoms with Crippen LogP contribution in [0.25, 0.3) is 10.9 Å². The molecule has 0 spiro atoms. The number of amides is 1. The van der Waals surface area contributed by atoms with Gasteiger partial charge in [0, 0.05) is 5.39 Å². The minimum Gasteiger partial charge on any atom is -0.507 e. The number of carbonyl (C=O) groups excluding carboxylic acids is 1. The number of nitrogens with zero attached hydrogens (tertiary/aromatic N) is 1. The molecule has 0 saturated carbocycles. The van der Waals surface area contributed by atoms with Crippen molar-refractivity contribution in [2.45, 2.75) is 0 Å². The van der Waals surface area contributed by atoms with Crippen LogP contribution in [0, 0.1) is 5.82 Å². The van der Waals surface area contributed by atoms with Gasteiger partial charge in [-0.05, 0) is 30.3 Å². The van der Waals surface area contributed by atoms with Crippen molar-refractivity contribution in [1.29, 1.82) is 0 Å². The van der Waals surface area contributed by atoms with Crippen LogP contribution >= 0.6 is 0 Å². The lowest BCUT2D eigenvalue weighted by molar-refractivity contribution is 0.102. The van der Waals surface area contributed by atoms with Gasteiger partial charge in [0.1, 0.15) is 11.6 Å². The van der Waals surface area contributed by atoms with Gasteiger partial charge in [-0.2, -0.15) is 0 Å². The normalized spacial score (nSPS) is 10.5. The standard InChI is InChI=1S/C16H11FN2O2/c17-11-5-6-15(20)13(8-11)16(21)19-12-7-10-3-1-2-4-14(10)18-9-12/h1-9,20H,(H,19,21). The first-order chi connectivity index (χ1) is 10.1. The Morgan fingerprint density at radius 1 is 1.14 bits per heavy atom. The number of halogens is 1. The summed E-state index contributed by atoms with van der Waals surface area (Å²) in [5, 5.41) is 13.1. The Morgan fingerprint density at radius 3 is 2.81 bits per heavy atom. The van der Waals surface area contributed by atoms with Gasteiger partial charge in [0.15, 0.2) is 0 Å². The zero-order chi connectivity index (χ0) is 14.8. The number of nitrogens with one attached hydrogen (secondary N) is 1. The average molecular weight is 282 g/mol. The van der Waals surface area contributed by atoms with E-state index in [2.05, 4.69) is 10.3 Å². The maximum atomic E-state index is 13.2. The van der Waals surface area contributed by atoms with E-state index in [1.807, 2.05) is 24.3 Å². The fourth-order valence-corrected chi connectivity index (χ4v) is 2.03. The van der Waals surface area contributed by atoms with Gasteiger partial charge in [0.25, 0.3) is 5.91 Å². The summed E-state index contributed by atoms with van der Waals surface area (Å²) >= 11 is 0. The van der Waals surface area contributed by atoms with E-state index < -0.39 is 11.7 Å². The maximum absolute atomic E-state index is 13.2. The van der Waals surface area contributed by atoms with Crippen LogP contribution in [0.5, 0.6) is 5.75 Å². The molecule has 21 heavy (non-hydrogen) atoms. The number of para-hydroxylation sites is 1. The van der Waals surface area contributed by atoms with Gasteiger partial charge in [0.2, 0.25) is 0 Å². The third kappa shape index (κ3) is 2.67. The lowest BCUT2D eigenvalue weighted by atomic mass is 10.1. The molecule has 0 aliphatic heterocycles. The van der Waals surface area contributed by atoms with E-state index in [9.17, 15) is 14.3 Å². The van der Waals surface area contributed by atoms with Gasteiger partial charge < -0.3 is 10.4 Å². The van der Waals surface area contributed by atoms with Crippen LogP contribution in [0.2, 0.25) is 0 Å². The van der Waals surface area contributed by atoms with Gasteiger partial charge >= 0.3 is 0 Å². The van der Waals surface area contributed by atoms with E-state index >= 15 is 0 Å². The molecule has 0 aliphatic rings. The quantitative estimate of drug-likeness (QED) is 0.757. The molecular weight excluding hydrogens is 271 g/mol. The van der Waals surface area contributed by atoms with Crippen molar-refractivity contribution in [2.75, 3.05) is 5.32 Å². The van der Waals surface area contributed by atoms with Crippen molar-refractivity contribution >= 4 is 22.5 Å². The Hall–Kier alpha value is -2.95. The summed E-state index contributed by atoms with van der Waals surface area (Å²) in [5.41, 5.74) is 1.16. The molecule has 1 heterocycles. The van der Waals surface area contributed by atoms with Crippen molar-refractivity contribution in [3.05, 3.63) is 66.1 Å². The smallest absolute Gasteiger partial charge is 0.259 e. The van der Waals surface area contributed by atoms with E-state index in [1.165, 1.54) is 6.20 Å². The number of phenols is 1. The molecule has 5 heteroatoms. The lowest BCUT2D eigenvalue weighted by Gasteiger charge is -2.07. The summed E-state index contributed by atoms with van der Waals surface area (Å²) < 4.78 is 13.2. The van der Waals surface area contributed by atoms with Crippen LogP contribution in [0.1, 0.15) is 10.4 Å². The minimum atomic E-state index is -0.593. The molecular formula is C16H11FN2O2. The molecule has 2 N–H and O–H groups in total. The first kappa shape index (κ1) is 13.1. The third-order valence-electron chi connectivity index (χ3n) is 3.05. The molecule has 0 atom stereocenters. The minimum absolute atomic E-state index is 0.122. The number of pyridine rings is 1. The van der Waals surface area contributed by atoms with E-state index in [-0.39, 0.29) is 11.3 Å². The molecule has 4 nitrogen and oxygen atoms in total. The topological polar surface area (TPSA) is 62.2 Å². The fourth-order valence-electron chi connectivity index (χ4n) is 2.03. The Bertz CT molecular complexity index is 833. The van der Waals surface area contributed by atoms with Crippen LogP contribution in [0.3, 0.4) is 0 Å². The molecule has 0 bridgehead atoms. The fraction of sp³-hybridized carbons (Fsp3) is 0. The zero-order valence-electron chi connectivity index (χ0n) is 10.9. The van der Waals surface area contributed by atoms with Gasteiger partial charge in [-0.3, -0.25) is 9.78 Å². The van der Waals surface area contributed by atoms with Gasteiger partial charge in [-0.15, -0.1) is 0 Å². The lowest BCUT2D eigenvalue weighted by Crippen LogP contribution is -2.12. The summed E-state index contributed by atoms with van der Waals surface area (Å²) in [5.74, 6) is -1.46. The Morgan fingerprint density at radius 2 is 1.95 bits per heavy atom. The van der Waals surface area contributed by atoms with Crippen molar-refractivity contribution in [2.24, 2.45) is 0 Å². The molecule has 1 amide bonds. The summed E-state index contributed by atoms with van der Waals surface area (Å²) in [6.45, 7) is 0. The molecule has 104 valence electrons. The highest BCUT2D eigenvalue weighted by atomic mass is 19.1. The number of aromatic nitrogens is 1. The second-order valence-electron chi connectivity index (χ2n) is 4.53. The maximum Gasteiger partial charge on any atom is 0.259 e.